The standard InChI is InChI=1S/C26H28F3N3O5S/c1-3-36-23(34)17-11-8-12-31(14-17)19(33)13-18-15-38-25-30-22(26(27,28)29)20(24(35)37-4-2)21(32(18)25)16-9-6-5-7-10-16/h5-7,9-10,15,17,21H,3-4,8,11-14H2,1-2H3/t17-,21+/m0/s1. The van der Waals surface area contributed by atoms with Gasteiger partial charge in [0.1, 0.15) is 0 Å². The smallest absolute Gasteiger partial charge is 0.434 e. The molecule has 0 N–H and O–H groups in total. The molecule has 12 heteroatoms. The number of allylic oxidation sites excluding steroid dienone is 1. The van der Waals surface area contributed by atoms with Crippen LogP contribution in [-0.4, -0.2) is 65.3 Å². The molecule has 2 atom stereocenters. The Bertz CT molecular complexity index is 1180. The number of benzene rings is 1. The number of thioether (sulfide) groups is 1. The minimum atomic E-state index is -4.90. The number of piperidine rings is 1. The van der Waals surface area contributed by atoms with Crippen molar-refractivity contribution in [1.82, 2.24) is 9.80 Å². The number of halogens is 3. The molecule has 8 nitrogen and oxygen atoms in total. The molecule has 0 saturated carbocycles. The van der Waals surface area contributed by atoms with Crippen molar-refractivity contribution in [2.75, 3.05) is 26.3 Å². The van der Waals surface area contributed by atoms with E-state index in [9.17, 15) is 27.6 Å². The Hall–Kier alpha value is -3.28. The summed E-state index contributed by atoms with van der Waals surface area (Å²) < 4.78 is 52.5. The highest BCUT2D eigenvalue weighted by Gasteiger charge is 2.49. The molecule has 1 amide bonds. The SMILES string of the molecule is CCOC(=O)C1=C(C(F)(F)F)N=C2SC=C(CC(=O)N3CCC[C@H](C(=O)OCC)C3)N2[C@@H]1c1ccccc1. The van der Waals surface area contributed by atoms with E-state index in [-0.39, 0.29) is 43.2 Å². The number of rotatable bonds is 7. The number of esters is 2. The average Bonchev–Trinajstić information content (AvgIpc) is 3.30. The molecule has 38 heavy (non-hydrogen) atoms. The number of carbonyl (C=O) groups is 3. The van der Waals surface area contributed by atoms with Gasteiger partial charge < -0.3 is 19.3 Å². The van der Waals surface area contributed by atoms with Gasteiger partial charge in [-0.1, -0.05) is 42.1 Å². The largest absolute Gasteiger partial charge is 0.466 e. The van der Waals surface area contributed by atoms with Crippen molar-refractivity contribution in [3.8, 4) is 0 Å². The number of fused-ring (bicyclic) bond motifs is 1. The number of ether oxygens (including phenoxy) is 2. The maximum Gasteiger partial charge on any atom is 0.434 e. The van der Waals surface area contributed by atoms with Crippen molar-refractivity contribution in [3.63, 3.8) is 0 Å². The Balaban J connectivity index is 1.66. The first kappa shape index (κ1) is 27.7. The Kier molecular flexibility index (Phi) is 8.49. The highest BCUT2D eigenvalue weighted by atomic mass is 32.2. The molecule has 3 aliphatic rings. The molecule has 204 valence electrons. The lowest BCUT2D eigenvalue weighted by atomic mass is 9.93. The molecule has 3 heterocycles. The van der Waals surface area contributed by atoms with Crippen LogP contribution in [0.1, 0.15) is 44.7 Å². The summed E-state index contributed by atoms with van der Waals surface area (Å²) in [7, 11) is 0. The van der Waals surface area contributed by atoms with E-state index in [4.69, 9.17) is 9.47 Å². The number of hydrogen-bond donors (Lipinski definition) is 0. The Morgan fingerprint density at radius 3 is 2.47 bits per heavy atom. The van der Waals surface area contributed by atoms with Crippen LogP contribution in [0.4, 0.5) is 13.2 Å². The van der Waals surface area contributed by atoms with Crippen molar-refractivity contribution in [1.29, 1.82) is 0 Å². The van der Waals surface area contributed by atoms with Crippen LogP contribution in [0, 0.1) is 5.92 Å². The lowest BCUT2D eigenvalue weighted by molar-refractivity contribution is -0.151. The molecule has 1 aromatic rings. The topological polar surface area (TPSA) is 88.5 Å². The zero-order valence-electron chi connectivity index (χ0n) is 21.0. The fourth-order valence-electron chi connectivity index (χ4n) is 4.76. The van der Waals surface area contributed by atoms with Gasteiger partial charge in [0.15, 0.2) is 10.9 Å². The molecule has 0 unspecified atom stereocenters. The molecule has 0 bridgehead atoms. The molecular weight excluding hydrogens is 523 g/mol. The predicted molar refractivity (Wildman–Crippen MR) is 134 cm³/mol. The van der Waals surface area contributed by atoms with Gasteiger partial charge in [-0.25, -0.2) is 9.79 Å². The molecule has 1 aromatic carbocycles. The third-order valence-electron chi connectivity index (χ3n) is 6.42. The Morgan fingerprint density at radius 1 is 1.11 bits per heavy atom. The fraction of sp³-hybridized carbons (Fsp3) is 0.462. The number of amidine groups is 1. The summed E-state index contributed by atoms with van der Waals surface area (Å²) in [4.78, 5) is 45.4. The Labute approximate surface area is 222 Å². The van der Waals surface area contributed by atoms with Crippen molar-refractivity contribution in [2.45, 2.75) is 45.3 Å². The second-order valence-corrected chi connectivity index (χ2v) is 9.73. The number of alkyl halides is 3. The van der Waals surface area contributed by atoms with E-state index in [1.54, 1.807) is 47.6 Å². The lowest BCUT2D eigenvalue weighted by Gasteiger charge is -2.37. The lowest BCUT2D eigenvalue weighted by Crippen LogP contribution is -2.44. The zero-order valence-corrected chi connectivity index (χ0v) is 21.8. The maximum absolute atomic E-state index is 14.1. The summed E-state index contributed by atoms with van der Waals surface area (Å²) in [6, 6.07) is 7.10. The van der Waals surface area contributed by atoms with E-state index in [1.807, 2.05) is 0 Å². The van der Waals surface area contributed by atoms with Gasteiger partial charge in [0.2, 0.25) is 5.91 Å². The van der Waals surface area contributed by atoms with Gasteiger partial charge in [0.05, 0.1) is 37.2 Å². The number of aliphatic imine (C=N–C) groups is 1. The first-order valence-electron chi connectivity index (χ1n) is 12.4. The molecule has 0 aromatic heterocycles. The van der Waals surface area contributed by atoms with Gasteiger partial charge in [-0.2, -0.15) is 13.2 Å². The van der Waals surface area contributed by atoms with Crippen LogP contribution in [0.2, 0.25) is 0 Å². The van der Waals surface area contributed by atoms with Crippen molar-refractivity contribution < 1.29 is 37.0 Å². The molecule has 1 fully saturated rings. The zero-order chi connectivity index (χ0) is 27.4. The maximum atomic E-state index is 14.1. The summed E-state index contributed by atoms with van der Waals surface area (Å²) in [5.41, 5.74) is -1.10. The van der Waals surface area contributed by atoms with Gasteiger partial charge in [-0.15, -0.1) is 0 Å². The van der Waals surface area contributed by atoms with E-state index in [0.29, 0.717) is 30.6 Å². The van der Waals surface area contributed by atoms with Crippen LogP contribution in [0.3, 0.4) is 0 Å². The Morgan fingerprint density at radius 2 is 1.82 bits per heavy atom. The summed E-state index contributed by atoms with van der Waals surface area (Å²) in [6.07, 6.45) is -3.78. The number of hydrogen-bond acceptors (Lipinski definition) is 8. The fourth-order valence-corrected chi connectivity index (χ4v) is 5.68. The third kappa shape index (κ3) is 5.74. The number of carbonyl (C=O) groups excluding carboxylic acids is 3. The quantitative estimate of drug-likeness (QED) is 0.459. The van der Waals surface area contributed by atoms with Gasteiger partial charge in [0.25, 0.3) is 0 Å². The van der Waals surface area contributed by atoms with Crippen molar-refractivity contribution in [3.05, 3.63) is 58.3 Å². The van der Waals surface area contributed by atoms with Crippen molar-refractivity contribution >= 4 is 34.8 Å². The molecular formula is C26H28F3N3O5S. The number of amides is 1. The van der Waals surface area contributed by atoms with Crippen molar-refractivity contribution in [2.24, 2.45) is 10.9 Å². The van der Waals surface area contributed by atoms with E-state index in [0.717, 1.165) is 11.8 Å². The normalized spacial score (nSPS) is 21.5. The highest BCUT2D eigenvalue weighted by molar-refractivity contribution is 8.16. The minimum Gasteiger partial charge on any atom is -0.466 e. The van der Waals surface area contributed by atoms with E-state index < -0.39 is 35.4 Å². The van der Waals surface area contributed by atoms with E-state index >= 15 is 0 Å². The first-order valence-corrected chi connectivity index (χ1v) is 13.2. The van der Waals surface area contributed by atoms with Crippen LogP contribution in [0.25, 0.3) is 0 Å². The summed E-state index contributed by atoms with van der Waals surface area (Å²) in [5.74, 6) is -2.16. The van der Waals surface area contributed by atoms with Crippen LogP contribution in [-0.2, 0) is 23.9 Å². The van der Waals surface area contributed by atoms with E-state index in [2.05, 4.69) is 4.99 Å². The molecule has 3 aliphatic heterocycles. The molecule has 0 aliphatic carbocycles. The summed E-state index contributed by atoms with van der Waals surface area (Å²) >= 11 is 0.963. The number of likely N-dealkylation sites (tertiary alicyclic amines) is 1. The first-order chi connectivity index (χ1) is 18.2. The number of nitrogens with zero attached hydrogens (tertiary/aromatic N) is 3. The van der Waals surface area contributed by atoms with Gasteiger partial charge in [-0.3, -0.25) is 9.59 Å². The predicted octanol–water partition coefficient (Wildman–Crippen LogP) is 4.56. The van der Waals surface area contributed by atoms with Gasteiger partial charge in [-0.05, 0) is 37.7 Å². The highest BCUT2D eigenvalue weighted by Crippen LogP contribution is 2.48. The van der Waals surface area contributed by atoms with Crippen LogP contribution in [0.15, 0.2) is 57.7 Å². The summed E-state index contributed by atoms with van der Waals surface area (Å²) in [5, 5.41) is 1.60. The van der Waals surface area contributed by atoms with Crippen LogP contribution < -0.4 is 0 Å². The second kappa shape index (κ2) is 11.6. The van der Waals surface area contributed by atoms with Gasteiger partial charge in [0, 0.05) is 18.8 Å². The second-order valence-electron chi connectivity index (χ2n) is 8.89. The molecule has 4 rings (SSSR count). The van der Waals surface area contributed by atoms with Gasteiger partial charge >= 0.3 is 18.1 Å². The molecule has 1 saturated heterocycles. The average molecular weight is 552 g/mol. The molecule has 0 spiro atoms. The van der Waals surface area contributed by atoms with Crippen LogP contribution >= 0.6 is 11.8 Å². The summed E-state index contributed by atoms with van der Waals surface area (Å²) in [6.45, 7) is 4.05. The third-order valence-corrected chi connectivity index (χ3v) is 7.30. The van der Waals surface area contributed by atoms with E-state index in [1.165, 1.54) is 11.8 Å². The monoisotopic (exact) mass is 551 g/mol. The van der Waals surface area contributed by atoms with Crippen LogP contribution in [0.5, 0.6) is 0 Å². The molecule has 0 radical (unpaired) electrons. The minimum absolute atomic E-state index is 0.0186.